The van der Waals surface area contributed by atoms with Crippen LogP contribution >= 0.6 is 0 Å². The largest absolute Gasteiger partial charge is 0.383 e. The summed E-state index contributed by atoms with van der Waals surface area (Å²) in [5.74, 6) is 0.657. The standard InChI is InChI=1S/C13H25NO5S/c1-18-7-5-14(6-8-19-2)13(15)11-12-3-9-20(16,17)10-4-12/h12H,3-11H2,1-2H3. The molecule has 0 spiro atoms. The smallest absolute Gasteiger partial charge is 0.223 e. The van der Waals surface area contributed by atoms with Crippen LogP contribution in [0, 0.1) is 5.92 Å². The molecule has 0 bridgehead atoms. The van der Waals surface area contributed by atoms with Crippen LogP contribution in [-0.2, 0) is 24.1 Å². The Balaban J connectivity index is 2.44. The summed E-state index contributed by atoms with van der Waals surface area (Å²) < 4.78 is 32.8. The minimum Gasteiger partial charge on any atom is -0.383 e. The van der Waals surface area contributed by atoms with Gasteiger partial charge in [0.2, 0.25) is 5.91 Å². The number of sulfone groups is 1. The van der Waals surface area contributed by atoms with Crippen LogP contribution in [0.25, 0.3) is 0 Å². The second-order valence-corrected chi connectivity index (χ2v) is 7.47. The fourth-order valence-electron chi connectivity index (χ4n) is 2.28. The van der Waals surface area contributed by atoms with E-state index in [4.69, 9.17) is 9.47 Å². The van der Waals surface area contributed by atoms with Crippen LogP contribution in [0.4, 0.5) is 0 Å². The van der Waals surface area contributed by atoms with Gasteiger partial charge in [0.25, 0.3) is 0 Å². The Morgan fingerprint density at radius 1 is 1.10 bits per heavy atom. The molecule has 1 fully saturated rings. The average Bonchev–Trinajstić information content (AvgIpc) is 2.41. The molecule has 0 saturated carbocycles. The quantitative estimate of drug-likeness (QED) is 0.646. The molecule has 7 heteroatoms. The summed E-state index contributed by atoms with van der Waals surface area (Å²) in [7, 11) is 0.339. The van der Waals surface area contributed by atoms with Gasteiger partial charge < -0.3 is 14.4 Å². The summed E-state index contributed by atoms with van der Waals surface area (Å²) in [5, 5.41) is 0. The molecule has 0 aromatic rings. The van der Waals surface area contributed by atoms with E-state index in [1.54, 1.807) is 19.1 Å². The molecule has 0 aliphatic carbocycles. The summed E-state index contributed by atoms with van der Waals surface area (Å²) in [6.07, 6.45) is 1.61. The first kappa shape index (κ1) is 17.4. The van der Waals surface area contributed by atoms with Crippen LogP contribution in [0.1, 0.15) is 19.3 Å². The van der Waals surface area contributed by atoms with E-state index in [0.717, 1.165) is 0 Å². The van der Waals surface area contributed by atoms with E-state index in [2.05, 4.69) is 0 Å². The lowest BCUT2D eigenvalue weighted by molar-refractivity contribution is -0.133. The number of hydrogen-bond donors (Lipinski definition) is 0. The first-order chi connectivity index (χ1) is 9.48. The Morgan fingerprint density at radius 2 is 1.60 bits per heavy atom. The van der Waals surface area contributed by atoms with Gasteiger partial charge in [0.1, 0.15) is 9.84 Å². The number of methoxy groups -OCH3 is 2. The third kappa shape index (κ3) is 6.19. The van der Waals surface area contributed by atoms with Crippen molar-refractivity contribution < 1.29 is 22.7 Å². The van der Waals surface area contributed by atoms with Crippen molar-refractivity contribution in [2.24, 2.45) is 5.92 Å². The first-order valence-electron chi connectivity index (χ1n) is 6.94. The fraction of sp³-hybridized carbons (Fsp3) is 0.923. The Hall–Kier alpha value is -0.660. The van der Waals surface area contributed by atoms with Gasteiger partial charge in [0.05, 0.1) is 24.7 Å². The molecule has 0 radical (unpaired) electrons. The summed E-state index contributed by atoms with van der Waals surface area (Å²) in [5.41, 5.74) is 0. The Bertz CT molecular complexity index is 374. The Morgan fingerprint density at radius 3 is 2.05 bits per heavy atom. The molecule has 1 amide bonds. The van der Waals surface area contributed by atoms with Crippen LogP contribution in [0.3, 0.4) is 0 Å². The lowest BCUT2D eigenvalue weighted by Gasteiger charge is -2.26. The maximum atomic E-state index is 12.2. The number of rotatable bonds is 8. The van der Waals surface area contributed by atoms with E-state index in [-0.39, 0.29) is 23.3 Å². The topological polar surface area (TPSA) is 72.9 Å². The van der Waals surface area contributed by atoms with E-state index in [1.165, 1.54) is 0 Å². The lowest BCUT2D eigenvalue weighted by Crippen LogP contribution is -2.38. The highest BCUT2D eigenvalue weighted by Crippen LogP contribution is 2.22. The van der Waals surface area contributed by atoms with Crippen molar-refractivity contribution in [2.45, 2.75) is 19.3 Å². The van der Waals surface area contributed by atoms with E-state index < -0.39 is 9.84 Å². The normalized spacial score (nSPS) is 18.9. The zero-order valence-corrected chi connectivity index (χ0v) is 13.2. The number of carbonyl (C=O) groups is 1. The number of nitrogens with zero attached hydrogens (tertiary/aromatic N) is 1. The number of hydrogen-bond acceptors (Lipinski definition) is 5. The molecule has 1 aliphatic rings. The Labute approximate surface area is 121 Å². The van der Waals surface area contributed by atoms with Crippen LogP contribution < -0.4 is 0 Å². The molecule has 1 saturated heterocycles. The molecule has 0 atom stereocenters. The fourth-order valence-corrected chi connectivity index (χ4v) is 3.87. The molecule has 0 N–H and O–H groups in total. The van der Waals surface area contributed by atoms with Crippen molar-refractivity contribution in [3.63, 3.8) is 0 Å². The van der Waals surface area contributed by atoms with Crippen molar-refractivity contribution in [3.8, 4) is 0 Å². The molecule has 0 unspecified atom stereocenters. The highest BCUT2D eigenvalue weighted by atomic mass is 32.2. The third-order valence-electron chi connectivity index (χ3n) is 3.62. The zero-order valence-electron chi connectivity index (χ0n) is 12.3. The van der Waals surface area contributed by atoms with Gasteiger partial charge in [0.15, 0.2) is 0 Å². The summed E-state index contributed by atoms with van der Waals surface area (Å²) in [6, 6.07) is 0. The minimum atomic E-state index is -2.86. The summed E-state index contributed by atoms with van der Waals surface area (Å²) in [6.45, 7) is 2.08. The predicted molar refractivity (Wildman–Crippen MR) is 76.3 cm³/mol. The van der Waals surface area contributed by atoms with Crippen molar-refractivity contribution >= 4 is 15.7 Å². The maximum Gasteiger partial charge on any atom is 0.223 e. The van der Waals surface area contributed by atoms with Crippen LogP contribution in [0.15, 0.2) is 0 Å². The van der Waals surface area contributed by atoms with Gasteiger partial charge in [-0.2, -0.15) is 0 Å². The second kappa shape index (κ2) is 8.59. The van der Waals surface area contributed by atoms with Gasteiger partial charge >= 0.3 is 0 Å². The minimum absolute atomic E-state index is 0.0587. The molecular weight excluding hydrogens is 282 g/mol. The van der Waals surface area contributed by atoms with Crippen molar-refractivity contribution in [2.75, 3.05) is 52.0 Å². The van der Waals surface area contributed by atoms with Crippen LogP contribution in [-0.4, -0.2) is 71.3 Å². The molecule has 20 heavy (non-hydrogen) atoms. The predicted octanol–water partition coefficient (Wildman–Crippen LogP) is 0.323. The average molecular weight is 307 g/mol. The van der Waals surface area contributed by atoms with Gasteiger partial charge in [-0.05, 0) is 18.8 Å². The molecule has 0 aromatic heterocycles. The van der Waals surface area contributed by atoms with E-state index >= 15 is 0 Å². The SMILES string of the molecule is COCCN(CCOC)C(=O)CC1CCS(=O)(=O)CC1. The van der Waals surface area contributed by atoms with Crippen molar-refractivity contribution in [1.29, 1.82) is 0 Å². The maximum absolute atomic E-state index is 12.2. The second-order valence-electron chi connectivity index (χ2n) is 5.17. The highest BCUT2D eigenvalue weighted by Gasteiger charge is 2.26. The van der Waals surface area contributed by atoms with Crippen LogP contribution in [0.2, 0.25) is 0 Å². The van der Waals surface area contributed by atoms with Gasteiger partial charge in [0, 0.05) is 33.7 Å². The van der Waals surface area contributed by atoms with E-state index in [9.17, 15) is 13.2 Å². The lowest BCUT2D eigenvalue weighted by atomic mass is 9.98. The molecule has 1 aliphatic heterocycles. The van der Waals surface area contributed by atoms with Crippen molar-refractivity contribution in [1.82, 2.24) is 4.90 Å². The molecule has 0 aromatic carbocycles. The van der Waals surface area contributed by atoms with Crippen molar-refractivity contribution in [3.05, 3.63) is 0 Å². The van der Waals surface area contributed by atoms with Gasteiger partial charge in [-0.15, -0.1) is 0 Å². The number of ether oxygens (including phenoxy) is 2. The van der Waals surface area contributed by atoms with Gasteiger partial charge in [-0.1, -0.05) is 0 Å². The molecular formula is C13H25NO5S. The molecule has 1 rings (SSSR count). The van der Waals surface area contributed by atoms with Gasteiger partial charge in [-0.25, -0.2) is 8.42 Å². The number of carbonyl (C=O) groups excluding carboxylic acids is 1. The number of amides is 1. The highest BCUT2D eigenvalue weighted by molar-refractivity contribution is 7.91. The van der Waals surface area contributed by atoms with E-state index in [0.29, 0.717) is 45.6 Å². The molecule has 6 nitrogen and oxygen atoms in total. The zero-order chi connectivity index (χ0) is 15.0. The third-order valence-corrected chi connectivity index (χ3v) is 5.34. The molecule has 118 valence electrons. The summed E-state index contributed by atoms with van der Waals surface area (Å²) in [4.78, 5) is 14.0. The summed E-state index contributed by atoms with van der Waals surface area (Å²) >= 11 is 0. The van der Waals surface area contributed by atoms with Gasteiger partial charge in [-0.3, -0.25) is 4.79 Å². The monoisotopic (exact) mass is 307 g/mol. The van der Waals surface area contributed by atoms with E-state index in [1.807, 2.05) is 0 Å². The molecule has 1 heterocycles. The van der Waals surface area contributed by atoms with Crippen LogP contribution in [0.5, 0.6) is 0 Å². The Kier molecular flexibility index (Phi) is 7.47. The first-order valence-corrected chi connectivity index (χ1v) is 8.76.